The second-order valence-corrected chi connectivity index (χ2v) is 7.66. The van der Waals surface area contributed by atoms with Crippen LogP contribution in [0.4, 0.5) is 0 Å². The van der Waals surface area contributed by atoms with Crippen molar-refractivity contribution in [1.82, 2.24) is 9.71 Å². The minimum atomic E-state index is -3.77. The molecule has 1 aromatic heterocycles. The van der Waals surface area contributed by atoms with Crippen molar-refractivity contribution in [2.45, 2.75) is 30.7 Å². The molecular weight excluding hydrogens is 328 g/mol. The largest absolute Gasteiger partial charge is 0.478 e. The molecule has 1 saturated carbocycles. The summed E-state index contributed by atoms with van der Waals surface area (Å²) in [5, 5.41) is 9.00. The lowest BCUT2D eigenvalue weighted by Crippen LogP contribution is -2.31. The van der Waals surface area contributed by atoms with Crippen LogP contribution in [0.2, 0.25) is 0 Å². The molecule has 1 aromatic carbocycles. The molecule has 7 heteroatoms. The van der Waals surface area contributed by atoms with Gasteiger partial charge in [-0.2, -0.15) is 0 Å². The van der Waals surface area contributed by atoms with Gasteiger partial charge >= 0.3 is 5.97 Å². The molecule has 0 saturated heterocycles. The smallest absolute Gasteiger partial charge is 0.335 e. The van der Waals surface area contributed by atoms with Crippen LogP contribution in [0.5, 0.6) is 0 Å². The maximum absolute atomic E-state index is 12.8. The first-order chi connectivity index (χ1) is 11.4. The Hall–Kier alpha value is -2.25. The summed E-state index contributed by atoms with van der Waals surface area (Å²) in [5.74, 6) is -0.840. The van der Waals surface area contributed by atoms with E-state index in [0.717, 1.165) is 12.8 Å². The molecule has 0 spiro atoms. The number of benzene rings is 1. The van der Waals surface area contributed by atoms with Crippen molar-refractivity contribution in [3.63, 3.8) is 0 Å². The highest BCUT2D eigenvalue weighted by molar-refractivity contribution is 7.89. The minimum Gasteiger partial charge on any atom is -0.478 e. The van der Waals surface area contributed by atoms with Crippen LogP contribution in [0.25, 0.3) is 0 Å². The van der Waals surface area contributed by atoms with Gasteiger partial charge in [0.25, 0.3) is 0 Å². The van der Waals surface area contributed by atoms with Crippen molar-refractivity contribution in [1.29, 1.82) is 0 Å². The lowest BCUT2D eigenvalue weighted by Gasteiger charge is -2.19. The predicted molar refractivity (Wildman–Crippen MR) is 88.2 cm³/mol. The number of pyridine rings is 1. The number of carbonyl (C=O) groups is 1. The van der Waals surface area contributed by atoms with E-state index < -0.39 is 16.0 Å². The van der Waals surface area contributed by atoms with Gasteiger partial charge in [-0.25, -0.2) is 17.9 Å². The van der Waals surface area contributed by atoms with Gasteiger partial charge in [0.05, 0.1) is 22.2 Å². The molecule has 2 N–H and O–H groups in total. The topological polar surface area (TPSA) is 96.4 Å². The number of carboxylic acids is 1. The molecule has 126 valence electrons. The third-order valence-corrected chi connectivity index (χ3v) is 5.69. The maximum Gasteiger partial charge on any atom is 0.335 e. The third kappa shape index (κ3) is 3.47. The zero-order chi connectivity index (χ0) is 17.3. The van der Waals surface area contributed by atoms with Gasteiger partial charge in [0, 0.05) is 6.20 Å². The Labute approximate surface area is 140 Å². The van der Waals surface area contributed by atoms with E-state index >= 15 is 0 Å². The molecule has 1 atom stereocenters. The van der Waals surface area contributed by atoms with E-state index in [4.69, 9.17) is 5.11 Å². The number of sulfonamides is 1. The molecular formula is C17H18N2O4S. The summed E-state index contributed by atoms with van der Waals surface area (Å²) >= 11 is 0. The van der Waals surface area contributed by atoms with Gasteiger partial charge in [0.1, 0.15) is 0 Å². The fraction of sp³-hybridized carbons (Fsp3) is 0.294. The molecule has 1 aliphatic rings. The summed E-state index contributed by atoms with van der Waals surface area (Å²) in [4.78, 5) is 15.4. The van der Waals surface area contributed by atoms with Crippen LogP contribution in [-0.4, -0.2) is 24.5 Å². The molecule has 1 aliphatic carbocycles. The van der Waals surface area contributed by atoms with Gasteiger partial charge < -0.3 is 5.11 Å². The van der Waals surface area contributed by atoms with E-state index in [-0.39, 0.29) is 22.4 Å². The summed E-state index contributed by atoms with van der Waals surface area (Å²) in [6.07, 6.45) is 3.56. The van der Waals surface area contributed by atoms with Crippen molar-refractivity contribution in [2.24, 2.45) is 5.92 Å². The summed E-state index contributed by atoms with van der Waals surface area (Å²) in [5.41, 5.74) is 1.16. The Balaban J connectivity index is 1.91. The van der Waals surface area contributed by atoms with Crippen LogP contribution in [0.1, 0.15) is 40.5 Å². The molecule has 3 rings (SSSR count). The van der Waals surface area contributed by atoms with Crippen LogP contribution in [0, 0.1) is 12.8 Å². The number of aromatic carboxylic acids is 1. The van der Waals surface area contributed by atoms with E-state index in [2.05, 4.69) is 9.71 Å². The number of hydrogen-bond acceptors (Lipinski definition) is 4. The standard InChI is InChI=1S/C17H18N2O4S/c1-11-10-13(17(20)21)7-8-15(11)24(22,23)19-16(12-5-6-12)14-4-2-3-9-18-14/h2-4,7-10,12,16,19H,5-6H2,1H3,(H,20,21). The highest BCUT2D eigenvalue weighted by atomic mass is 32.2. The zero-order valence-electron chi connectivity index (χ0n) is 13.1. The third-order valence-electron chi connectivity index (χ3n) is 4.09. The molecule has 24 heavy (non-hydrogen) atoms. The SMILES string of the molecule is Cc1cc(C(=O)O)ccc1S(=O)(=O)NC(c1ccccn1)C1CC1. The molecule has 0 aliphatic heterocycles. The average molecular weight is 346 g/mol. The molecule has 0 radical (unpaired) electrons. The lowest BCUT2D eigenvalue weighted by molar-refractivity contribution is 0.0696. The quantitative estimate of drug-likeness (QED) is 0.838. The fourth-order valence-corrected chi connectivity index (χ4v) is 4.21. The zero-order valence-corrected chi connectivity index (χ0v) is 14.0. The maximum atomic E-state index is 12.8. The summed E-state index contributed by atoms with van der Waals surface area (Å²) < 4.78 is 28.3. The number of aryl methyl sites for hydroxylation is 1. The number of nitrogens with zero attached hydrogens (tertiary/aromatic N) is 1. The van der Waals surface area contributed by atoms with Gasteiger partial charge in [-0.15, -0.1) is 0 Å². The van der Waals surface area contributed by atoms with Gasteiger partial charge in [-0.05, 0) is 61.6 Å². The molecule has 6 nitrogen and oxygen atoms in total. The van der Waals surface area contributed by atoms with Crippen molar-refractivity contribution in [2.75, 3.05) is 0 Å². The van der Waals surface area contributed by atoms with Crippen LogP contribution in [0.15, 0.2) is 47.5 Å². The Morgan fingerprint density at radius 3 is 2.58 bits per heavy atom. The van der Waals surface area contributed by atoms with Crippen molar-refractivity contribution < 1.29 is 18.3 Å². The average Bonchev–Trinajstić information content (AvgIpc) is 3.38. The number of nitrogens with one attached hydrogen (secondary N) is 1. The Morgan fingerprint density at radius 2 is 2.04 bits per heavy atom. The normalized spacial score (nSPS) is 15.9. The summed E-state index contributed by atoms with van der Waals surface area (Å²) in [6, 6.07) is 9.07. The highest BCUT2D eigenvalue weighted by Crippen LogP contribution is 2.41. The molecule has 1 heterocycles. The molecule has 0 bridgehead atoms. The van der Waals surface area contributed by atoms with E-state index in [1.54, 1.807) is 19.2 Å². The fourth-order valence-electron chi connectivity index (χ4n) is 2.70. The van der Waals surface area contributed by atoms with Crippen LogP contribution < -0.4 is 4.72 Å². The number of hydrogen-bond donors (Lipinski definition) is 2. The number of aromatic nitrogens is 1. The first-order valence-electron chi connectivity index (χ1n) is 7.66. The minimum absolute atomic E-state index is 0.0647. The second kappa shape index (κ2) is 6.33. The Bertz CT molecular complexity index is 861. The first-order valence-corrected chi connectivity index (χ1v) is 9.14. The van der Waals surface area contributed by atoms with Crippen LogP contribution >= 0.6 is 0 Å². The van der Waals surface area contributed by atoms with Crippen LogP contribution in [-0.2, 0) is 10.0 Å². The Kier molecular flexibility index (Phi) is 4.38. The number of rotatable bonds is 6. The summed E-state index contributed by atoms with van der Waals surface area (Å²) in [7, 11) is -3.77. The highest BCUT2D eigenvalue weighted by Gasteiger charge is 2.36. The van der Waals surface area contributed by atoms with Gasteiger partial charge in [0.2, 0.25) is 10.0 Å². The van der Waals surface area contributed by atoms with Crippen molar-refractivity contribution >= 4 is 16.0 Å². The van der Waals surface area contributed by atoms with E-state index in [1.807, 2.05) is 12.1 Å². The van der Waals surface area contributed by atoms with Crippen molar-refractivity contribution in [3.8, 4) is 0 Å². The van der Waals surface area contributed by atoms with Gasteiger partial charge in [-0.1, -0.05) is 6.07 Å². The Morgan fingerprint density at radius 1 is 1.29 bits per heavy atom. The van der Waals surface area contributed by atoms with Crippen molar-refractivity contribution in [3.05, 3.63) is 59.4 Å². The first kappa shape index (κ1) is 16.6. The van der Waals surface area contributed by atoms with E-state index in [0.29, 0.717) is 11.3 Å². The monoisotopic (exact) mass is 346 g/mol. The van der Waals surface area contributed by atoms with Crippen LogP contribution in [0.3, 0.4) is 0 Å². The van der Waals surface area contributed by atoms with E-state index in [9.17, 15) is 13.2 Å². The molecule has 1 fully saturated rings. The number of carboxylic acid groups (broad SMARTS) is 1. The second-order valence-electron chi connectivity index (χ2n) is 5.98. The molecule has 1 unspecified atom stereocenters. The van der Waals surface area contributed by atoms with Gasteiger partial charge in [0.15, 0.2) is 0 Å². The molecule has 0 amide bonds. The van der Waals surface area contributed by atoms with E-state index in [1.165, 1.54) is 18.2 Å². The molecule has 2 aromatic rings. The predicted octanol–water partition coefficient (Wildman–Crippen LogP) is 2.52. The summed E-state index contributed by atoms with van der Waals surface area (Å²) in [6.45, 7) is 1.59. The lowest BCUT2D eigenvalue weighted by atomic mass is 10.1. The van der Waals surface area contributed by atoms with Gasteiger partial charge in [-0.3, -0.25) is 4.98 Å².